The van der Waals surface area contributed by atoms with E-state index in [-0.39, 0.29) is 6.10 Å². The summed E-state index contributed by atoms with van der Waals surface area (Å²) >= 11 is 0. The molecule has 0 aromatic heterocycles. The molecular formula is C16H26N2O3. The van der Waals surface area contributed by atoms with Gasteiger partial charge >= 0.3 is 0 Å². The maximum Gasteiger partial charge on any atom is 0.163 e. The second-order valence-electron chi connectivity index (χ2n) is 5.16. The van der Waals surface area contributed by atoms with E-state index in [4.69, 9.17) is 14.2 Å². The van der Waals surface area contributed by atoms with Crippen LogP contribution in [0.4, 0.5) is 5.69 Å². The molecule has 1 aromatic carbocycles. The van der Waals surface area contributed by atoms with Gasteiger partial charge in [-0.15, -0.1) is 0 Å². The fourth-order valence-electron chi connectivity index (χ4n) is 2.38. The monoisotopic (exact) mass is 294 g/mol. The maximum atomic E-state index is 5.75. The van der Waals surface area contributed by atoms with Gasteiger partial charge in [0.05, 0.1) is 25.9 Å². The van der Waals surface area contributed by atoms with Crippen molar-refractivity contribution in [2.24, 2.45) is 0 Å². The molecule has 1 heterocycles. The minimum absolute atomic E-state index is 0.228. The van der Waals surface area contributed by atoms with E-state index in [1.54, 1.807) is 0 Å². The van der Waals surface area contributed by atoms with Gasteiger partial charge in [-0.3, -0.25) is 0 Å². The van der Waals surface area contributed by atoms with Gasteiger partial charge in [-0.05, 0) is 33.0 Å². The molecule has 0 radical (unpaired) electrons. The summed E-state index contributed by atoms with van der Waals surface area (Å²) in [7, 11) is 2.12. The molecule has 21 heavy (non-hydrogen) atoms. The molecule has 0 spiro atoms. The third-order valence-corrected chi connectivity index (χ3v) is 3.42. The quantitative estimate of drug-likeness (QED) is 0.835. The first-order valence-electron chi connectivity index (χ1n) is 7.66. The van der Waals surface area contributed by atoms with E-state index in [0.29, 0.717) is 13.2 Å². The molecule has 0 amide bonds. The van der Waals surface area contributed by atoms with Crippen LogP contribution in [0.3, 0.4) is 0 Å². The fourth-order valence-corrected chi connectivity index (χ4v) is 2.38. The van der Waals surface area contributed by atoms with Crippen LogP contribution in [0.25, 0.3) is 0 Å². The summed E-state index contributed by atoms with van der Waals surface area (Å²) in [6.07, 6.45) is 0.228. The summed E-state index contributed by atoms with van der Waals surface area (Å²) in [5.74, 6) is 1.57. The van der Waals surface area contributed by atoms with E-state index < -0.39 is 0 Å². The van der Waals surface area contributed by atoms with Crippen molar-refractivity contribution in [1.29, 1.82) is 0 Å². The van der Waals surface area contributed by atoms with Crippen LogP contribution in [-0.4, -0.2) is 57.5 Å². The molecule has 2 rings (SSSR count). The van der Waals surface area contributed by atoms with E-state index >= 15 is 0 Å². The number of benzene rings is 1. The normalized spacial score (nSPS) is 19.3. The molecule has 5 heteroatoms. The molecule has 0 saturated carbocycles. The standard InChI is InChI=1S/C16H26N2O3/c1-4-19-15-7-6-13(10-16(15)20-5-2)17-11-14-12-18(3)8-9-21-14/h6-7,10,14,17H,4-5,8-9,11-12H2,1-3H3. The molecule has 0 bridgehead atoms. The second-order valence-corrected chi connectivity index (χ2v) is 5.16. The number of nitrogens with zero attached hydrogens (tertiary/aromatic N) is 1. The van der Waals surface area contributed by atoms with Crippen LogP contribution < -0.4 is 14.8 Å². The Morgan fingerprint density at radius 2 is 2.00 bits per heavy atom. The van der Waals surface area contributed by atoms with E-state index in [2.05, 4.69) is 17.3 Å². The number of likely N-dealkylation sites (N-methyl/N-ethyl adjacent to an activating group) is 1. The van der Waals surface area contributed by atoms with Crippen LogP contribution in [0, 0.1) is 0 Å². The Labute approximate surface area is 127 Å². The van der Waals surface area contributed by atoms with Gasteiger partial charge in [-0.2, -0.15) is 0 Å². The van der Waals surface area contributed by atoms with Gasteiger partial charge < -0.3 is 24.4 Å². The smallest absolute Gasteiger partial charge is 0.163 e. The topological polar surface area (TPSA) is 43.0 Å². The number of morpholine rings is 1. The molecule has 5 nitrogen and oxygen atoms in total. The van der Waals surface area contributed by atoms with E-state index in [9.17, 15) is 0 Å². The van der Waals surface area contributed by atoms with Crippen molar-refractivity contribution in [1.82, 2.24) is 4.90 Å². The van der Waals surface area contributed by atoms with Gasteiger partial charge in [0.1, 0.15) is 0 Å². The van der Waals surface area contributed by atoms with Crippen LogP contribution in [0.1, 0.15) is 13.8 Å². The van der Waals surface area contributed by atoms with Crippen LogP contribution >= 0.6 is 0 Å². The predicted molar refractivity (Wildman–Crippen MR) is 84.5 cm³/mol. The first kappa shape index (κ1) is 15.9. The van der Waals surface area contributed by atoms with Crippen molar-refractivity contribution in [2.75, 3.05) is 51.8 Å². The molecule has 1 aliphatic rings. The Morgan fingerprint density at radius 1 is 1.24 bits per heavy atom. The fraction of sp³-hybridized carbons (Fsp3) is 0.625. The van der Waals surface area contributed by atoms with Crippen LogP contribution in [0.5, 0.6) is 11.5 Å². The SMILES string of the molecule is CCOc1ccc(NCC2CN(C)CCO2)cc1OCC. The Hall–Kier alpha value is -1.46. The first-order chi connectivity index (χ1) is 10.2. The summed E-state index contributed by atoms with van der Waals surface area (Å²) < 4.78 is 17.0. The van der Waals surface area contributed by atoms with Gasteiger partial charge in [0, 0.05) is 31.4 Å². The highest BCUT2D eigenvalue weighted by Crippen LogP contribution is 2.30. The molecule has 1 aromatic rings. The Morgan fingerprint density at radius 3 is 2.71 bits per heavy atom. The van der Waals surface area contributed by atoms with Crippen molar-refractivity contribution in [3.63, 3.8) is 0 Å². The highest BCUT2D eigenvalue weighted by atomic mass is 16.5. The van der Waals surface area contributed by atoms with E-state index in [0.717, 1.165) is 43.4 Å². The Balaban J connectivity index is 1.94. The maximum absolute atomic E-state index is 5.75. The van der Waals surface area contributed by atoms with Crippen molar-refractivity contribution >= 4 is 5.69 Å². The first-order valence-corrected chi connectivity index (χ1v) is 7.66. The lowest BCUT2D eigenvalue weighted by molar-refractivity contribution is -0.0117. The van der Waals surface area contributed by atoms with Crippen molar-refractivity contribution < 1.29 is 14.2 Å². The minimum Gasteiger partial charge on any atom is -0.490 e. The summed E-state index contributed by atoms with van der Waals surface area (Å²) in [6, 6.07) is 5.95. The van der Waals surface area contributed by atoms with Gasteiger partial charge in [0.15, 0.2) is 11.5 Å². The molecule has 118 valence electrons. The van der Waals surface area contributed by atoms with Crippen molar-refractivity contribution in [3.8, 4) is 11.5 Å². The van der Waals surface area contributed by atoms with E-state index in [1.807, 2.05) is 32.0 Å². The van der Waals surface area contributed by atoms with E-state index in [1.165, 1.54) is 0 Å². The Kier molecular flexibility index (Phi) is 6.14. The van der Waals surface area contributed by atoms with Crippen molar-refractivity contribution in [2.45, 2.75) is 20.0 Å². The molecule has 1 N–H and O–H groups in total. The summed E-state index contributed by atoms with van der Waals surface area (Å²) in [5, 5.41) is 3.42. The lowest BCUT2D eigenvalue weighted by Crippen LogP contribution is -2.43. The van der Waals surface area contributed by atoms with Crippen LogP contribution in [0.2, 0.25) is 0 Å². The van der Waals surface area contributed by atoms with Crippen molar-refractivity contribution in [3.05, 3.63) is 18.2 Å². The molecule has 0 aliphatic carbocycles. The predicted octanol–water partition coefficient (Wildman–Crippen LogP) is 2.23. The van der Waals surface area contributed by atoms with Gasteiger partial charge in [-0.25, -0.2) is 0 Å². The average molecular weight is 294 g/mol. The number of rotatable bonds is 7. The third kappa shape index (κ3) is 4.79. The zero-order chi connectivity index (χ0) is 15.1. The second kappa shape index (κ2) is 8.10. The molecular weight excluding hydrogens is 268 g/mol. The summed E-state index contributed by atoms with van der Waals surface area (Å²) in [5.41, 5.74) is 1.03. The minimum atomic E-state index is 0.228. The molecule has 1 fully saturated rings. The molecule has 1 saturated heterocycles. The number of ether oxygens (including phenoxy) is 3. The third-order valence-electron chi connectivity index (χ3n) is 3.42. The zero-order valence-electron chi connectivity index (χ0n) is 13.2. The lowest BCUT2D eigenvalue weighted by atomic mass is 10.2. The molecule has 1 unspecified atom stereocenters. The number of hydrogen-bond donors (Lipinski definition) is 1. The number of anilines is 1. The summed E-state index contributed by atoms with van der Waals surface area (Å²) in [6.45, 7) is 8.77. The van der Waals surface area contributed by atoms with Crippen LogP contribution in [0.15, 0.2) is 18.2 Å². The van der Waals surface area contributed by atoms with Gasteiger partial charge in [0.2, 0.25) is 0 Å². The summed E-state index contributed by atoms with van der Waals surface area (Å²) in [4.78, 5) is 2.29. The number of nitrogens with one attached hydrogen (secondary N) is 1. The highest BCUT2D eigenvalue weighted by Gasteiger charge is 2.17. The zero-order valence-corrected chi connectivity index (χ0v) is 13.2. The highest BCUT2D eigenvalue weighted by molar-refractivity contribution is 5.54. The average Bonchev–Trinajstić information content (AvgIpc) is 2.48. The van der Waals surface area contributed by atoms with Gasteiger partial charge in [-0.1, -0.05) is 0 Å². The van der Waals surface area contributed by atoms with Crippen LogP contribution in [-0.2, 0) is 4.74 Å². The molecule has 1 aliphatic heterocycles. The van der Waals surface area contributed by atoms with Gasteiger partial charge in [0.25, 0.3) is 0 Å². The Bertz CT molecular complexity index is 440. The number of hydrogen-bond acceptors (Lipinski definition) is 5. The lowest BCUT2D eigenvalue weighted by Gasteiger charge is -2.30. The largest absolute Gasteiger partial charge is 0.490 e. The molecule has 1 atom stereocenters.